The number of anilines is 1. The predicted molar refractivity (Wildman–Crippen MR) is 156 cm³/mol. The van der Waals surface area contributed by atoms with Crippen LogP contribution in [0.2, 0.25) is 0 Å². The van der Waals surface area contributed by atoms with Crippen molar-refractivity contribution in [3.8, 4) is 11.1 Å². The van der Waals surface area contributed by atoms with E-state index in [1.807, 2.05) is 42.5 Å². The Hall–Kier alpha value is -4.56. The smallest absolute Gasteiger partial charge is 0.0313 e. The lowest BCUT2D eigenvalue weighted by molar-refractivity contribution is 1.19. The Morgan fingerprint density at radius 2 is 1.14 bits per heavy atom. The van der Waals surface area contributed by atoms with Crippen LogP contribution < -0.4 is 11.5 Å². The molecule has 0 aromatic heterocycles. The lowest BCUT2D eigenvalue weighted by Crippen LogP contribution is -1.88. The third-order valence-corrected chi connectivity index (χ3v) is 5.95. The molecule has 0 saturated carbocycles. The van der Waals surface area contributed by atoms with Crippen LogP contribution in [0.25, 0.3) is 21.9 Å². The zero-order valence-corrected chi connectivity index (χ0v) is 20.4. The van der Waals surface area contributed by atoms with E-state index in [1.54, 1.807) is 6.20 Å². The highest BCUT2D eigenvalue weighted by Gasteiger charge is 2.02. The Kier molecular flexibility index (Phi) is 8.72. The molecular formula is C34H32N2. The molecule has 5 aromatic carbocycles. The number of rotatable bonds is 6. The summed E-state index contributed by atoms with van der Waals surface area (Å²) in [4.78, 5) is 0. The molecule has 0 aliphatic heterocycles. The minimum absolute atomic E-state index is 0.822. The number of hydrogen-bond donors (Lipinski definition) is 2. The largest absolute Gasteiger partial charge is 0.405 e. The lowest BCUT2D eigenvalue weighted by Gasteiger charge is -2.08. The molecule has 0 radical (unpaired) electrons. The van der Waals surface area contributed by atoms with Crippen LogP contribution in [0.1, 0.15) is 16.7 Å². The van der Waals surface area contributed by atoms with Crippen LogP contribution >= 0.6 is 0 Å². The number of nitrogen functional groups attached to an aromatic ring is 1. The summed E-state index contributed by atoms with van der Waals surface area (Å²) in [6, 6.07) is 42.4. The quantitative estimate of drug-likeness (QED) is 0.196. The number of allylic oxidation sites excluding steroid dienone is 3. The normalized spacial score (nSPS) is 11.0. The van der Waals surface area contributed by atoms with Crippen LogP contribution in [0, 0.1) is 0 Å². The number of nitrogens with two attached hydrogens (primary N) is 2. The molecule has 0 aliphatic carbocycles. The van der Waals surface area contributed by atoms with Gasteiger partial charge < -0.3 is 11.5 Å². The van der Waals surface area contributed by atoms with Crippen molar-refractivity contribution in [1.29, 1.82) is 0 Å². The van der Waals surface area contributed by atoms with Gasteiger partial charge in [-0.05, 0) is 81.9 Å². The summed E-state index contributed by atoms with van der Waals surface area (Å²) in [6.45, 7) is 0. The van der Waals surface area contributed by atoms with Gasteiger partial charge in [-0.2, -0.15) is 0 Å². The summed E-state index contributed by atoms with van der Waals surface area (Å²) in [5.41, 5.74) is 18.0. The fourth-order valence-electron chi connectivity index (χ4n) is 4.05. The summed E-state index contributed by atoms with van der Waals surface area (Å²) >= 11 is 0. The van der Waals surface area contributed by atoms with E-state index in [2.05, 4.69) is 97.1 Å². The van der Waals surface area contributed by atoms with Crippen molar-refractivity contribution >= 4 is 16.5 Å². The van der Waals surface area contributed by atoms with Gasteiger partial charge in [-0.25, -0.2) is 0 Å². The van der Waals surface area contributed by atoms with Gasteiger partial charge in [-0.15, -0.1) is 0 Å². The van der Waals surface area contributed by atoms with Gasteiger partial charge in [-0.1, -0.05) is 115 Å². The highest BCUT2D eigenvalue weighted by molar-refractivity contribution is 5.88. The minimum Gasteiger partial charge on any atom is -0.405 e. The molecule has 0 amide bonds. The Morgan fingerprint density at radius 1 is 0.528 bits per heavy atom. The second-order valence-corrected chi connectivity index (χ2v) is 8.68. The first-order valence-corrected chi connectivity index (χ1v) is 12.2. The molecule has 0 unspecified atom stereocenters. The predicted octanol–water partition coefficient (Wildman–Crippen LogP) is 7.94. The van der Waals surface area contributed by atoms with E-state index in [9.17, 15) is 0 Å². The monoisotopic (exact) mass is 468 g/mol. The summed E-state index contributed by atoms with van der Waals surface area (Å²) in [7, 11) is 0. The first-order chi connectivity index (χ1) is 17.7. The van der Waals surface area contributed by atoms with Gasteiger partial charge in [-0.3, -0.25) is 0 Å². The van der Waals surface area contributed by atoms with Gasteiger partial charge in [0.1, 0.15) is 0 Å². The zero-order chi connectivity index (χ0) is 25.0. The molecule has 0 spiro atoms. The molecule has 0 bridgehead atoms. The van der Waals surface area contributed by atoms with Crippen LogP contribution in [-0.4, -0.2) is 0 Å². The third-order valence-electron chi connectivity index (χ3n) is 5.95. The number of para-hydroxylation sites is 1. The van der Waals surface area contributed by atoms with Crippen molar-refractivity contribution in [2.45, 2.75) is 12.8 Å². The number of benzene rings is 5. The van der Waals surface area contributed by atoms with E-state index in [1.165, 1.54) is 38.6 Å². The third kappa shape index (κ3) is 7.22. The maximum atomic E-state index is 5.37. The molecule has 0 aliphatic rings. The standard InChI is InChI=1S/C28H25N.C6H7N/c29-18-6-2-5-9-23-10-15-26-16-17-27(21-28(26)20-23)25-13-11-24(12-14-25)19-22-7-3-1-4-8-22;7-6-4-2-1-3-5-6/h1-8,10-18,20-21H,9,19,29H2;1-5H,7H2/b5-2-,18-6-;. The molecule has 0 fully saturated rings. The lowest BCUT2D eigenvalue weighted by atomic mass is 9.97. The molecule has 0 heterocycles. The second kappa shape index (κ2) is 12.8. The maximum absolute atomic E-state index is 5.37. The van der Waals surface area contributed by atoms with Crippen molar-refractivity contribution in [3.63, 3.8) is 0 Å². The minimum atomic E-state index is 0.822. The van der Waals surface area contributed by atoms with E-state index in [0.29, 0.717) is 0 Å². The molecule has 2 nitrogen and oxygen atoms in total. The van der Waals surface area contributed by atoms with Crippen LogP contribution in [0.4, 0.5) is 5.69 Å². The van der Waals surface area contributed by atoms with E-state index >= 15 is 0 Å². The van der Waals surface area contributed by atoms with E-state index in [4.69, 9.17) is 11.5 Å². The highest BCUT2D eigenvalue weighted by atomic mass is 14.5. The van der Waals surface area contributed by atoms with E-state index < -0.39 is 0 Å². The van der Waals surface area contributed by atoms with Crippen LogP contribution in [0.3, 0.4) is 0 Å². The van der Waals surface area contributed by atoms with E-state index in [0.717, 1.165) is 18.5 Å². The number of hydrogen-bond acceptors (Lipinski definition) is 2. The molecule has 0 saturated heterocycles. The van der Waals surface area contributed by atoms with Gasteiger partial charge in [0, 0.05) is 5.69 Å². The fraction of sp³-hybridized carbons (Fsp3) is 0.0588. The average Bonchev–Trinajstić information content (AvgIpc) is 2.92. The van der Waals surface area contributed by atoms with Crippen LogP contribution in [0.5, 0.6) is 0 Å². The molecule has 36 heavy (non-hydrogen) atoms. The Bertz CT molecular complexity index is 1420. The number of fused-ring (bicyclic) bond motifs is 1. The summed E-state index contributed by atoms with van der Waals surface area (Å²) < 4.78 is 0. The van der Waals surface area contributed by atoms with Gasteiger partial charge in [0.25, 0.3) is 0 Å². The van der Waals surface area contributed by atoms with Crippen molar-refractivity contribution in [3.05, 3.63) is 162 Å². The van der Waals surface area contributed by atoms with Gasteiger partial charge >= 0.3 is 0 Å². The second-order valence-electron chi connectivity index (χ2n) is 8.68. The molecule has 0 atom stereocenters. The summed E-state index contributed by atoms with van der Waals surface area (Å²) in [5.74, 6) is 0. The summed E-state index contributed by atoms with van der Waals surface area (Å²) in [5, 5.41) is 2.54. The maximum Gasteiger partial charge on any atom is 0.0313 e. The van der Waals surface area contributed by atoms with Crippen LogP contribution in [-0.2, 0) is 12.8 Å². The van der Waals surface area contributed by atoms with Crippen LogP contribution in [0.15, 0.2) is 146 Å². The van der Waals surface area contributed by atoms with Gasteiger partial charge in [0.2, 0.25) is 0 Å². The van der Waals surface area contributed by atoms with Gasteiger partial charge in [0.15, 0.2) is 0 Å². The molecule has 2 heteroatoms. The Morgan fingerprint density at radius 3 is 1.81 bits per heavy atom. The van der Waals surface area contributed by atoms with Crippen molar-refractivity contribution in [2.24, 2.45) is 5.73 Å². The molecule has 5 aromatic rings. The van der Waals surface area contributed by atoms with Crippen molar-refractivity contribution in [1.82, 2.24) is 0 Å². The highest BCUT2D eigenvalue weighted by Crippen LogP contribution is 2.26. The summed E-state index contributed by atoms with van der Waals surface area (Å²) in [6.07, 6.45) is 9.38. The first kappa shape index (κ1) is 24.6. The molecule has 178 valence electrons. The topological polar surface area (TPSA) is 52.0 Å². The van der Waals surface area contributed by atoms with Gasteiger partial charge in [0.05, 0.1) is 0 Å². The SMILES string of the molecule is N/C=C\C=C/Cc1ccc2ccc(-c3ccc(Cc4ccccc4)cc3)cc2c1.Nc1ccccc1. The molecule has 5 rings (SSSR count). The van der Waals surface area contributed by atoms with Crippen molar-refractivity contribution in [2.75, 3.05) is 5.73 Å². The van der Waals surface area contributed by atoms with E-state index in [-0.39, 0.29) is 0 Å². The Balaban J connectivity index is 0.000000375. The molecule has 4 N–H and O–H groups in total. The van der Waals surface area contributed by atoms with Crippen molar-refractivity contribution < 1.29 is 0 Å². The first-order valence-electron chi connectivity index (χ1n) is 12.2. The average molecular weight is 469 g/mol. The molecular weight excluding hydrogens is 436 g/mol. The fourth-order valence-corrected chi connectivity index (χ4v) is 4.05. The zero-order valence-electron chi connectivity index (χ0n) is 20.4. The Labute approximate surface area is 214 Å².